The highest BCUT2D eigenvalue weighted by Crippen LogP contribution is 2.37. The fourth-order valence-corrected chi connectivity index (χ4v) is 4.99. The molecule has 2 N–H and O–H groups in total. The van der Waals surface area contributed by atoms with Crippen LogP contribution in [-0.2, 0) is 6.42 Å². The first-order valence-electron chi connectivity index (χ1n) is 9.89. The molecule has 0 fully saturated rings. The van der Waals surface area contributed by atoms with Crippen LogP contribution in [0.2, 0.25) is 0 Å². The lowest BCUT2D eigenvalue weighted by atomic mass is 10.0. The van der Waals surface area contributed by atoms with Gasteiger partial charge in [0.2, 0.25) is 0 Å². The van der Waals surface area contributed by atoms with Crippen molar-refractivity contribution in [1.29, 1.82) is 0 Å². The normalized spacial score (nSPS) is 13.3. The third-order valence-corrected chi connectivity index (χ3v) is 6.63. The number of aromatic nitrogens is 1. The second kappa shape index (κ2) is 7.46. The van der Waals surface area contributed by atoms with Gasteiger partial charge in [0.15, 0.2) is 0 Å². The van der Waals surface area contributed by atoms with Gasteiger partial charge < -0.3 is 15.4 Å². The Kier molecular flexibility index (Phi) is 4.64. The van der Waals surface area contributed by atoms with Crippen LogP contribution in [0.15, 0.2) is 60.7 Å². The number of nitrogen functional groups attached to an aromatic ring is 1. The Bertz CT molecular complexity index is 1250. The van der Waals surface area contributed by atoms with Gasteiger partial charge in [0.1, 0.15) is 15.5 Å². The molecule has 1 aliphatic rings. The number of benzene rings is 2. The highest BCUT2D eigenvalue weighted by Gasteiger charge is 2.27. The SMILES string of the molecule is COc1ccc(-c2ccc3c(N)c(C(=O)N4CCCc5ccccc54)sc3n2)cc1. The van der Waals surface area contributed by atoms with Crippen LogP contribution in [0.1, 0.15) is 21.7 Å². The molecule has 3 heterocycles. The molecule has 5 nitrogen and oxygen atoms in total. The molecule has 0 radical (unpaired) electrons. The average Bonchev–Trinajstić information content (AvgIpc) is 3.14. The van der Waals surface area contributed by atoms with Crippen LogP contribution in [0, 0.1) is 0 Å². The summed E-state index contributed by atoms with van der Waals surface area (Å²) >= 11 is 1.36. The Balaban J connectivity index is 1.53. The lowest BCUT2D eigenvalue weighted by Gasteiger charge is -2.29. The first kappa shape index (κ1) is 18.6. The summed E-state index contributed by atoms with van der Waals surface area (Å²) in [6.45, 7) is 0.702. The molecule has 150 valence electrons. The molecular weight excluding hydrogens is 394 g/mol. The van der Waals surface area contributed by atoms with Crippen LogP contribution in [0.3, 0.4) is 0 Å². The van der Waals surface area contributed by atoms with E-state index in [0.29, 0.717) is 17.1 Å². The molecule has 6 heteroatoms. The standard InChI is InChI=1S/C24H21N3O2S/c1-29-17-10-8-15(9-11-17)19-13-12-18-21(25)22(30-23(18)26-19)24(28)27-14-4-6-16-5-2-3-7-20(16)27/h2-3,5,7-13H,4,6,14,25H2,1H3. The average molecular weight is 416 g/mol. The highest BCUT2D eigenvalue weighted by atomic mass is 32.1. The van der Waals surface area contributed by atoms with Gasteiger partial charge in [0.25, 0.3) is 5.91 Å². The lowest BCUT2D eigenvalue weighted by molar-refractivity contribution is 0.0990. The number of hydrogen-bond acceptors (Lipinski definition) is 5. The summed E-state index contributed by atoms with van der Waals surface area (Å²) < 4.78 is 5.23. The van der Waals surface area contributed by atoms with Crippen molar-refractivity contribution >= 4 is 38.8 Å². The number of carbonyl (C=O) groups excluding carboxylic acids is 1. The van der Waals surface area contributed by atoms with Gasteiger partial charge in [0.05, 0.1) is 18.5 Å². The maximum absolute atomic E-state index is 13.4. The van der Waals surface area contributed by atoms with Crippen molar-refractivity contribution in [2.45, 2.75) is 12.8 Å². The molecule has 0 bridgehead atoms. The molecule has 0 saturated heterocycles. The monoisotopic (exact) mass is 415 g/mol. The summed E-state index contributed by atoms with van der Waals surface area (Å²) in [6, 6.07) is 19.8. The number of pyridine rings is 1. The van der Waals surface area contributed by atoms with Gasteiger partial charge >= 0.3 is 0 Å². The smallest absolute Gasteiger partial charge is 0.270 e. The Morgan fingerprint density at radius 2 is 1.90 bits per heavy atom. The highest BCUT2D eigenvalue weighted by molar-refractivity contribution is 7.21. The predicted molar refractivity (Wildman–Crippen MR) is 122 cm³/mol. The van der Waals surface area contributed by atoms with Crippen LogP contribution in [0.25, 0.3) is 21.5 Å². The Morgan fingerprint density at radius 1 is 1.10 bits per heavy atom. The molecule has 2 aromatic heterocycles. The molecular formula is C24H21N3O2S. The maximum atomic E-state index is 13.4. The second-order valence-corrected chi connectivity index (χ2v) is 8.31. The second-order valence-electron chi connectivity index (χ2n) is 7.31. The van der Waals surface area contributed by atoms with E-state index in [9.17, 15) is 4.79 Å². The molecule has 2 aromatic carbocycles. The molecule has 4 aromatic rings. The minimum atomic E-state index is -0.0475. The molecule has 1 amide bonds. The number of carbonyl (C=O) groups is 1. The topological polar surface area (TPSA) is 68.5 Å². The zero-order valence-corrected chi connectivity index (χ0v) is 17.4. The van der Waals surface area contributed by atoms with Crippen LogP contribution < -0.4 is 15.4 Å². The van der Waals surface area contributed by atoms with Crippen molar-refractivity contribution in [3.63, 3.8) is 0 Å². The van der Waals surface area contributed by atoms with Crippen molar-refractivity contribution in [3.05, 3.63) is 71.1 Å². The van der Waals surface area contributed by atoms with E-state index in [1.165, 1.54) is 16.9 Å². The van der Waals surface area contributed by atoms with E-state index in [2.05, 4.69) is 6.07 Å². The van der Waals surface area contributed by atoms with Gasteiger partial charge in [-0.2, -0.15) is 0 Å². The van der Waals surface area contributed by atoms with Crippen molar-refractivity contribution in [2.24, 2.45) is 0 Å². The fraction of sp³-hybridized carbons (Fsp3) is 0.167. The number of nitrogens with two attached hydrogens (primary N) is 1. The third kappa shape index (κ3) is 3.09. The zero-order valence-electron chi connectivity index (χ0n) is 16.6. The molecule has 1 aliphatic heterocycles. The quantitative estimate of drug-likeness (QED) is 0.503. The van der Waals surface area contributed by atoms with Gasteiger partial charge in [-0.25, -0.2) is 4.98 Å². The first-order valence-corrected chi connectivity index (χ1v) is 10.7. The number of aryl methyl sites for hydroxylation is 1. The Morgan fingerprint density at radius 3 is 2.70 bits per heavy atom. The summed E-state index contributed by atoms with van der Waals surface area (Å²) in [6.07, 6.45) is 1.95. The Hall–Kier alpha value is -3.38. The number of methoxy groups -OCH3 is 1. The van der Waals surface area contributed by atoms with E-state index >= 15 is 0 Å². The number of hydrogen-bond donors (Lipinski definition) is 1. The van der Waals surface area contributed by atoms with Gasteiger partial charge in [-0.05, 0) is 60.9 Å². The van der Waals surface area contributed by atoms with Crippen LogP contribution in [-0.4, -0.2) is 24.5 Å². The van der Waals surface area contributed by atoms with E-state index < -0.39 is 0 Å². The molecule has 5 rings (SSSR count). The number of para-hydroxylation sites is 1. The number of anilines is 2. The van der Waals surface area contributed by atoms with Crippen molar-refractivity contribution < 1.29 is 9.53 Å². The van der Waals surface area contributed by atoms with Crippen LogP contribution in [0.5, 0.6) is 5.75 Å². The third-order valence-electron chi connectivity index (χ3n) is 5.53. The van der Waals surface area contributed by atoms with E-state index in [4.69, 9.17) is 15.5 Å². The molecule has 0 atom stereocenters. The Labute approximate surface area is 178 Å². The summed E-state index contributed by atoms with van der Waals surface area (Å²) in [7, 11) is 1.65. The molecule has 0 unspecified atom stereocenters. The van der Waals surface area contributed by atoms with Crippen molar-refractivity contribution in [1.82, 2.24) is 4.98 Å². The fourth-order valence-electron chi connectivity index (χ4n) is 3.95. The number of thiophene rings is 1. The maximum Gasteiger partial charge on any atom is 0.270 e. The minimum absolute atomic E-state index is 0.0475. The number of fused-ring (bicyclic) bond motifs is 2. The molecule has 0 saturated carbocycles. The first-order chi connectivity index (χ1) is 14.7. The number of amides is 1. The van der Waals surface area contributed by atoms with Gasteiger partial charge in [0, 0.05) is 23.2 Å². The molecule has 30 heavy (non-hydrogen) atoms. The van der Waals surface area contributed by atoms with Gasteiger partial charge in [-0.3, -0.25) is 4.79 Å². The summed E-state index contributed by atoms with van der Waals surface area (Å²) in [5.41, 5.74) is 10.9. The van der Waals surface area contributed by atoms with E-state index in [0.717, 1.165) is 45.8 Å². The van der Waals surface area contributed by atoms with Crippen molar-refractivity contribution in [2.75, 3.05) is 24.3 Å². The largest absolute Gasteiger partial charge is 0.497 e. The number of nitrogens with zero attached hydrogens (tertiary/aromatic N) is 2. The zero-order chi connectivity index (χ0) is 20.7. The molecule has 0 aliphatic carbocycles. The van der Waals surface area contributed by atoms with Crippen LogP contribution in [0.4, 0.5) is 11.4 Å². The molecule has 0 spiro atoms. The minimum Gasteiger partial charge on any atom is -0.497 e. The summed E-state index contributed by atoms with van der Waals surface area (Å²) in [4.78, 5) is 21.4. The van der Waals surface area contributed by atoms with Crippen molar-refractivity contribution in [3.8, 4) is 17.0 Å². The van der Waals surface area contributed by atoms with E-state index in [-0.39, 0.29) is 5.91 Å². The van der Waals surface area contributed by atoms with E-state index in [1.807, 2.05) is 59.5 Å². The lowest BCUT2D eigenvalue weighted by Crippen LogP contribution is -2.35. The number of ether oxygens (including phenoxy) is 1. The predicted octanol–water partition coefficient (Wildman–Crippen LogP) is 5.15. The summed E-state index contributed by atoms with van der Waals surface area (Å²) in [5.74, 6) is 0.753. The van der Waals surface area contributed by atoms with E-state index in [1.54, 1.807) is 7.11 Å². The number of rotatable bonds is 3. The van der Waals surface area contributed by atoms with Crippen LogP contribution >= 0.6 is 11.3 Å². The van der Waals surface area contributed by atoms with Gasteiger partial charge in [-0.15, -0.1) is 11.3 Å². The summed E-state index contributed by atoms with van der Waals surface area (Å²) in [5, 5.41) is 0.825. The van der Waals surface area contributed by atoms with Gasteiger partial charge in [-0.1, -0.05) is 18.2 Å².